The summed E-state index contributed by atoms with van der Waals surface area (Å²) in [6.45, 7) is 0.927. The van der Waals surface area contributed by atoms with Crippen molar-refractivity contribution in [1.82, 2.24) is 0 Å². The number of anilines is 1. The predicted octanol–water partition coefficient (Wildman–Crippen LogP) is 6.99. The van der Waals surface area contributed by atoms with Gasteiger partial charge in [0.05, 0.1) is 3.57 Å². The topological polar surface area (TPSA) is 71.3 Å². The van der Waals surface area contributed by atoms with Gasteiger partial charge in [-0.25, -0.2) is 0 Å². The molecule has 0 bridgehead atoms. The van der Waals surface area contributed by atoms with E-state index in [0.29, 0.717) is 24.7 Å². The highest BCUT2D eigenvalue weighted by molar-refractivity contribution is 14.1. The molecular formula is C30H23IN2O3. The van der Waals surface area contributed by atoms with Gasteiger partial charge in [0.25, 0.3) is 5.91 Å². The van der Waals surface area contributed by atoms with Crippen molar-refractivity contribution in [3.8, 4) is 17.6 Å². The zero-order valence-electron chi connectivity index (χ0n) is 19.4. The summed E-state index contributed by atoms with van der Waals surface area (Å²) in [5.41, 5.74) is 3.48. The molecule has 0 unspecified atom stereocenters. The first-order valence-electron chi connectivity index (χ1n) is 11.3. The Balaban J connectivity index is 1.35. The van der Waals surface area contributed by atoms with E-state index in [4.69, 9.17) is 9.47 Å². The number of hydrogen-bond donors (Lipinski definition) is 1. The predicted molar refractivity (Wildman–Crippen MR) is 149 cm³/mol. The molecule has 0 spiro atoms. The van der Waals surface area contributed by atoms with Gasteiger partial charge in [-0.05, 0) is 81.8 Å². The third-order valence-corrected chi connectivity index (χ3v) is 6.07. The van der Waals surface area contributed by atoms with Gasteiger partial charge in [0.15, 0.2) is 0 Å². The highest BCUT2D eigenvalue weighted by Crippen LogP contribution is 2.25. The fourth-order valence-electron chi connectivity index (χ4n) is 3.35. The van der Waals surface area contributed by atoms with Crippen molar-refractivity contribution >= 4 is 40.3 Å². The molecule has 0 aliphatic carbocycles. The Morgan fingerprint density at radius 3 is 2.03 bits per heavy atom. The van der Waals surface area contributed by atoms with Crippen LogP contribution in [0.5, 0.6) is 11.5 Å². The summed E-state index contributed by atoms with van der Waals surface area (Å²) >= 11 is 2.19. The molecule has 4 aromatic carbocycles. The molecule has 0 atom stereocenters. The second kappa shape index (κ2) is 12.6. The number of hydrogen-bond acceptors (Lipinski definition) is 4. The Morgan fingerprint density at radius 2 is 1.44 bits per heavy atom. The number of halogens is 1. The summed E-state index contributed by atoms with van der Waals surface area (Å²) < 4.78 is 12.6. The smallest absolute Gasteiger partial charge is 0.266 e. The third kappa shape index (κ3) is 7.20. The van der Waals surface area contributed by atoms with E-state index in [0.717, 1.165) is 26.0 Å². The molecule has 0 fully saturated rings. The largest absolute Gasteiger partial charge is 0.489 e. The molecule has 4 rings (SSSR count). The fourth-order valence-corrected chi connectivity index (χ4v) is 4.04. The van der Waals surface area contributed by atoms with E-state index < -0.39 is 5.91 Å². The highest BCUT2D eigenvalue weighted by atomic mass is 127. The molecule has 6 heteroatoms. The molecule has 0 saturated carbocycles. The average Bonchev–Trinajstić information content (AvgIpc) is 2.92. The van der Waals surface area contributed by atoms with Crippen molar-refractivity contribution in [2.75, 3.05) is 5.32 Å². The number of nitrogens with zero attached hydrogens (tertiary/aromatic N) is 1. The molecule has 0 aromatic heterocycles. The Kier molecular flexibility index (Phi) is 8.73. The molecular weight excluding hydrogens is 563 g/mol. The maximum absolute atomic E-state index is 12.7. The maximum Gasteiger partial charge on any atom is 0.266 e. The molecule has 0 aliphatic rings. The van der Waals surface area contributed by atoms with Crippen molar-refractivity contribution < 1.29 is 14.3 Å². The van der Waals surface area contributed by atoms with Gasteiger partial charge < -0.3 is 14.8 Å². The zero-order valence-corrected chi connectivity index (χ0v) is 21.5. The van der Waals surface area contributed by atoms with Crippen LogP contribution in [0.25, 0.3) is 6.08 Å². The van der Waals surface area contributed by atoms with Gasteiger partial charge in [-0.2, -0.15) is 5.26 Å². The quantitative estimate of drug-likeness (QED) is 0.130. The molecule has 4 aromatic rings. The third-order valence-electron chi connectivity index (χ3n) is 5.23. The molecule has 0 aliphatic heterocycles. The van der Waals surface area contributed by atoms with Gasteiger partial charge in [0.2, 0.25) is 0 Å². The van der Waals surface area contributed by atoms with Crippen molar-refractivity contribution in [2.45, 2.75) is 13.2 Å². The zero-order chi connectivity index (χ0) is 25.2. The van der Waals surface area contributed by atoms with Crippen LogP contribution in [-0.4, -0.2) is 5.91 Å². The van der Waals surface area contributed by atoms with Gasteiger partial charge >= 0.3 is 0 Å². The van der Waals surface area contributed by atoms with Gasteiger partial charge in [0, 0.05) is 5.69 Å². The lowest BCUT2D eigenvalue weighted by atomic mass is 10.1. The standard InChI is InChI=1S/C30H23IN2O3/c31-28-18-24(11-16-29(28)36-21-23-9-5-2-6-10-23)17-25(19-32)30(34)33-26-12-14-27(15-13-26)35-20-22-7-3-1-4-8-22/h1-18H,20-21H2,(H,33,34)/b25-17+. The van der Waals surface area contributed by atoms with E-state index in [2.05, 4.69) is 27.9 Å². The normalized spacial score (nSPS) is 10.8. The van der Waals surface area contributed by atoms with Gasteiger partial charge in [-0.3, -0.25) is 4.79 Å². The van der Waals surface area contributed by atoms with E-state index in [-0.39, 0.29) is 5.57 Å². The Morgan fingerprint density at radius 1 is 0.833 bits per heavy atom. The SMILES string of the molecule is N#C/C(=C\c1ccc(OCc2ccccc2)c(I)c1)C(=O)Nc1ccc(OCc2ccccc2)cc1. The monoisotopic (exact) mass is 586 g/mol. The number of carbonyl (C=O) groups is 1. The maximum atomic E-state index is 12.7. The number of carbonyl (C=O) groups excluding carboxylic acids is 1. The number of benzene rings is 4. The summed E-state index contributed by atoms with van der Waals surface area (Å²) in [5, 5.41) is 12.3. The summed E-state index contributed by atoms with van der Waals surface area (Å²) in [5.74, 6) is 0.959. The van der Waals surface area contributed by atoms with Crippen LogP contribution in [0.3, 0.4) is 0 Å². The fraction of sp³-hybridized carbons (Fsp3) is 0.0667. The van der Waals surface area contributed by atoms with Crippen molar-refractivity contribution in [2.24, 2.45) is 0 Å². The first kappa shape index (κ1) is 25.0. The molecule has 36 heavy (non-hydrogen) atoms. The second-order valence-corrected chi connectivity index (χ2v) is 9.05. The van der Waals surface area contributed by atoms with Crippen LogP contribution in [0, 0.1) is 14.9 Å². The van der Waals surface area contributed by atoms with E-state index in [1.807, 2.05) is 84.9 Å². The Labute approximate surface area is 224 Å². The Hall–Kier alpha value is -4.09. The summed E-state index contributed by atoms with van der Waals surface area (Å²) in [6.07, 6.45) is 1.57. The van der Waals surface area contributed by atoms with Gasteiger partial charge in [0.1, 0.15) is 36.4 Å². The van der Waals surface area contributed by atoms with Crippen LogP contribution in [0.1, 0.15) is 16.7 Å². The van der Waals surface area contributed by atoms with E-state index in [9.17, 15) is 10.1 Å². The molecule has 178 valence electrons. The van der Waals surface area contributed by atoms with Crippen LogP contribution >= 0.6 is 22.6 Å². The molecule has 5 nitrogen and oxygen atoms in total. The number of amides is 1. The lowest BCUT2D eigenvalue weighted by Gasteiger charge is -2.10. The van der Waals surface area contributed by atoms with Crippen molar-refractivity contribution in [3.63, 3.8) is 0 Å². The molecule has 0 saturated heterocycles. The van der Waals surface area contributed by atoms with Crippen LogP contribution in [-0.2, 0) is 18.0 Å². The highest BCUT2D eigenvalue weighted by Gasteiger charge is 2.11. The lowest BCUT2D eigenvalue weighted by molar-refractivity contribution is -0.112. The number of nitrogens with one attached hydrogen (secondary N) is 1. The van der Waals surface area contributed by atoms with Crippen LogP contribution in [0.2, 0.25) is 0 Å². The van der Waals surface area contributed by atoms with Crippen molar-refractivity contribution in [3.05, 3.63) is 129 Å². The van der Waals surface area contributed by atoms with Crippen LogP contribution < -0.4 is 14.8 Å². The van der Waals surface area contributed by atoms with E-state index >= 15 is 0 Å². The molecule has 0 radical (unpaired) electrons. The molecule has 1 N–H and O–H groups in total. The second-order valence-electron chi connectivity index (χ2n) is 7.89. The van der Waals surface area contributed by atoms with Gasteiger partial charge in [-0.15, -0.1) is 0 Å². The minimum atomic E-state index is -0.477. The lowest BCUT2D eigenvalue weighted by Crippen LogP contribution is -2.13. The van der Waals surface area contributed by atoms with Crippen LogP contribution in [0.4, 0.5) is 5.69 Å². The molecule has 1 amide bonds. The number of rotatable bonds is 9. The minimum absolute atomic E-state index is 0.00755. The first-order valence-corrected chi connectivity index (χ1v) is 12.3. The van der Waals surface area contributed by atoms with Crippen molar-refractivity contribution in [1.29, 1.82) is 5.26 Å². The molecule has 0 heterocycles. The Bertz CT molecular complexity index is 1380. The number of ether oxygens (including phenoxy) is 2. The summed E-state index contributed by atoms with van der Waals surface area (Å²) in [7, 11) is 0. The summed E-state index contributed by atoms with van der Waals surface area (Å²) in [6, 6.07) is 34.4. The van der Waals surface area contributed by atoms with Gasteiger partial charge in [-0.1, -0.05) is 66.7 Å². The minimum Gasteiger partial charge on any atom is -0.489 e. The number of nitriles is 1. The van der Waals surface area contributed by atoms with E-state index in [1.54, 1.807) is 30.3 Å². The summed E-state index contributed by atoms with van der Waals surface area (Å²) in [4.78, 5) is 12.7. The average molecular weight is 586 g/mol. The first-order chi connectivity index (χ1) is 17.6. The van der Waals surface area contributed by atoms with E-state index in [1.165, 1.54) is 0 Å². The van der Waals surface area contributed by atoms with Crippen LogP contribution in [0.15, 0.2) is 109 Å².